The first kappa shape index (κ1) is 35.8. The number of anilines is 1. The lowest BCUT2D eigenvalue weighted by Gasteiger charge is -2.70. The third-order valence-electron chi connectivity index (χ3n) is 15.5. The lowest BCUT2D eigenvalue weighted by molar-refractivity contribution is -0.210. The third-order valence-corrected chi connectivity index (χ3v) is 15.5. The zero-order chi connectivity index (χ0) is 36.6. The predicted octanol–water partition coefficient (Wildman–Crippen LogP) is 11.0. The minimum Gasteiger partial charge on any atom is -0.462 e. The molecule has 0 radical (unpaired) electrons. The topological polar surface area (TPSA) is 97.2 Å². The molecule has 4 fully saturated rings. The van der Waals surface area contributed by atoms with Crippen LogP contribution in [0.4, 0.5) is 17.1 Å². The third kappa shape index (κ3) is 5.63. The van der Waals surface area contributed by atoms with E-state index < -0.39 is 5.41 Å². The van der Waals surface area contributed by atoms with Gasteiger partial charge in [0.1, 0.15) is 6.10 Å². The van der Waals surface area contributed by atoms with Gasteiger partial charge in [0.2, 0.25) is 5.91 Å². The molecule has 0 heterocycles. The van der Waals surface area contributed by atoms with Crippen molar-refractivity contribution in [1.82, 2.24) is 0 Å². The number of hydrogen-bond acceptors (Lipinski definition) is 6. The van der Waals surface area contributed by atoms with Crippen LogP contribution >= 0.6 is 0 Å². The van der Waals surface area contributed by atoms with Gasteiger partial charge < -0.3 is 10.1 Å². The molecule has 0 unspecified atom stereocenters. The van der Waals surface area contributed by atoms with Crippen molar-refractivity contribution in [3.8, 4) is 0 Å². The Hall–Kier alpha value is -3.61. The molecule has 7 rings (SSSR count). The minimum absolute atomic E-state index is 0.0436. The average Bonchev–Trinajstić information content (AvgIpc) is 3.08. The van der Waals surface area contributed by atoms with E-state index >= 15 is 0 Å². The number of benzene rings is 2. The highest BCUT2D eigenvalue weighted by atomic mass is 16.5. The van der Waals surface area contributed by atoms with Crippen LogP contribution in [0.5, 0.6) is 0 Å². The molecule has 0 aromatic heterocycles. The number of carbonyl (C=O) groups excluding carboxylic acids is 3. The molecule has 2 aromatic rings. The number of fused-ring (bicyclic) bond motifs is 7. The first-order chi connectivity index (χ1) is 24.0. The molecule has 9 atom stereocenters. The van der Waals surface area contributed by atoms with E-state index in [0.29, 0.717) is 5.92 Å². The molecule has 0 bridgehead atoms. The number of allylic oxidation sites excluding steroid dienone is 2. The summed E-state index contributed by atoms with van der Waals surface area (Å²) in [7, 11) is 0. The van der Waals surface area contributed by atoms with E-state index in [0.717, 1.165) is 74.8 Å². The molecule has 272 valence electrons. The molecular formula is C44H57N3O4. The smallest absolute Gasteiger partial charge is 0.302 e. The highest BCUT2D eigenvalue weighted by molar-refractivity contribution is 5.97. The summed E-state index contributed by atoms with van der Waals surface area (Å²) in [5.74, 6) is 0.494. The van der Waals surface area contributed by atoms with E-state index in [1.807, 2.05) is 54.6 Å². The fraction of sp³-hybridized carbons (Fsp3) is 0.614. The number of nitrogens with one attached hydrogen (secondary N) is 1. The first-order valence-corrected chi connectivity index (χ1v) is 19.3. The molecular weight excluding hydrogens is 635 g/mol. The summed E-state index contributed by atoms with van der Waals surface area (Å²) in [5.41, 5.74) is 2.39. The normalized spacial score (nSPS) is 39.8. The van der Waals surface area contributed by atoms with Crippen LogP contribution in [0.15, 0.2) is 76.5 Å². The number of azo groups is 1. The summed E-state index contributed by atoms with van der Waals surface area (Å²) in [6.45, 7) is 17.8. The van der Waals surface area contributed by atoms with Crippen molar-refractivity contribution in [1.29, 1.82) is 0 Å². The maximum absolute atomic E-state index is 14.8. The monoisotopic (exact) mass is 691 g/mol. The Morgan fingerprint density at radius 1 is 0.784 bits per heavy atom. The molecule has 0 aliphatic heterocycles. The highest BCUT2D eigenvalue weighted by Crippen LogP contribution is 2.75. The van der Waals surface area contributed by atoms with Crippen LogP contribution < -0.4 is 5.32 Å². The summed E-state index contributed by atoms with van der Waals surface area (Å²) in [6, 6.07) is 17.2. The van der Waals surface area contributed by atoms with Crippen LogP contribution in [0, 0.1) is 50.2 Å². The number of ether oxygens (including phenoxy) is 1. The van der Waals surface area contributed by atoms with E-state index in [1.165, 1.54) is 12.5 Å². The largest absolute Gasteiger partial charge is 0.462 e. The van der Waals surface area contributed by atoms with Crippen molar-refractivity contribution in [2.24, 2.45) is 60.5 Å². The van der Waals surface area contributed by atoms with Crippen LogP contribution in [0.1, 0.15) is 113 Å². The molecule has 5 aliphatic rings. The molecule has 2 aromatic carbocycles. The van der Waals surface area contributed by atoms with Gasteiger partial charge in [-0.25, -0.2) is 0 Å². The molecule has 1 N–H and O–H groups in total. The van der Waals surface area contributed by atoms with Gasteiger partial charge >= 0.3 is 5.97 Å². The van der Waals surface area contributed by atoms with Gasteiger partial charge in [-0.3, -0.25) is 14.4 Å². The summed E-state index contributed by atoms with van der Waals surface area (Å²) < 4.78 is 5.89. The van der Waals surface area contributed by atoms with Crippen molar-refractivity contribution in [2.45, 2.75) is 119 Å². The Bertz CT molecular complexity index is 1780. The second-order valence-electron chi connectivity index (χ2n) is 18.7. The van der Waals surface area contributed by atoms with Gasteiger partial charge in [-0.05, 0) is 134 Å². The summed E-state index contributed by atoms with van der Waals surface area (Å²) in [4.78, 5) is 41.0. The second-order valence-corrected chi connectivity index (χ2v) is 18.7. The number of nitrogens with zero attached hydrogens (tertiary/aromatic N) is 2. The molecule has 0 saturated heterocycles. The Kier molecular flexibility index (Phi) is 8.58. The van der Waals surface area contributed by atoms with Crippen molar-refractivity contribution in [2.75, 3.05) is 5.32 Å². The number of hydrogen-bond donors (Lipinski definition) is 1. The minimum atomic E-state index is -0.557. The van der Waals surface area contributed by atoms with Crippen LogP contribution in [-0.2, 0) is 19.1 Å². The van der Waals surface area contributed by atoms with Crippen LogP contribution in [0.2, 0.25) is 0 Å². The Morgan fingerprint density at radius 2 is 1.43 bits per heavy atom. The van der Waals surface area contributed by atoms with Crippen molar-refractivity contribution >= 4 is 34.7 Å². The van der Waals surface area contributed by atoms with E-state index in [1.54, 1.807) is 0 Å². The van der Waals surface area contributed by atoms with E-state index in [9.17, 15) is 14.4 Å². The van der Waals surface area contributed by atoms with Crippen molar-refractivity contribution in [3.63, 3.8) is 0 Å². The number of rotatable bonds is 5. The number of carbonyl (C=O) groups is 3. The van der Waals surface area contributed by atoms with Crippen LogP contribution in [0.25, 0.3) is 0 Å². The average molecular weight is 692 g/mol. The summed E-state index contributed by atoms with van der Waals surface area (Å²) >= 11 is 0. The van der Waals surface area contributed by atoms with E-state index in [-0.39, 0.29) is 62.7 Å². The first-order valence-electron chi connectivity index (χ1n) is 19.3. The molecule has 0 spiro atoms. The Morgan fingerprint density at radius 3 is 2.10 bits per heavy atom. The predicted molar refractivity (Wildman–Crippen MR) is 201 cm³/mol. The van der Waals surface area contributed by atoms with Crippen molar-refractivity contribution in [3.05, 3.63) is 66.2 Å². The van der Waals surface area contributed by atoms with Gasteiger partial charge in [0.05, 0.1) is 11.4 Å². The van der Waals surface area contributed by atoms with Gasteiger partial charge in [0, 0.05) is 29.4 Å². The zero-order valence-electron chi connectivity index (χ0n) is 32.0. The molecule has 7 heteroatoms. The molecule has 51 heavy (non-hydrogen) atoms. The van der Waals surface area contributed by atoms with Crippen LogP contribution in [-0.4, -0.2) is 23.8 Å². The fourth-order valence-corrected chi connectivity index (χ4v) is 12.3. The molecule has 1 amide bonds. The summed E-state index contributed by atoms with van der Waals surface area (Å²) in [6.07, 6.45) is 10.4. The Labute approximate surface area is 304 Å². The van der Waals surface area contributed by atoms with E-state index in [4.69, 9.17) is 4.74 Å². The molecule has 7 nitrogen and oxygen atoms in total. The van der Waals surface area contributed by atoms with Gasteiger partial charge in [0.15, 0.2) is 5.78 Å². The number of amides is 1. The zero-order valence-corrected chi connectivity index (χ0v) is 32.0. The maximum Gasteiger partial charge on any atom is 0.302 e. The van der Waals surface area contributed by atoms with Gasteiger partial charge in [0.25, 0.3) is 0 Å². The second kappa shape index (κ2) is 12.2. The van der Waals surface area contributed by atoms with Crippen LogP contribution in [0.3, 0.4) is 0 Å². The number of esters is 1. The standard InChI is InChI=1S/C44H57N3O4/c1-28(48)51-36-19-20-42(6)35(39(36,2)3)18-21-44(8)37(42)34(49)26-32-33-27-41(5,23-22-40(33,4)24-25-43(32,44)7)38(50)45-29-14-16-31(17-15-29)47-46-30-12-10-9-11-13-30/h9-17,26,33,35-37H,18-25,27H2,1-8H3,(H,45,50)/t33-,35-,36-,37-,40-,41+,42-,43+,44-/m1/s1. The number of ketones is 1. The molecule has 4 saturated carbocycles. The molecule has 5 aliphatic carbocycles. The highest BCUT2D eigenvalue weighted by Gasteiger charge is 2.70. The van der Waals surface area contributed by atoms with Gasteiger partial charge in [-0.15, -0.1) is 0 Å². The fourth-order valence-electron chi connectivity index (χ4n) is 12.3. The van der Waals surface area contributed by atoms with Gasteiger partial charge in [-0.1, -0.05) is 72.2 Å². The lowest BCUT2D eigenvalue weighted by Crippen LogP contribution is -2.66. The maximum atomic E-state index is 14.8. The quantitative estimate of drug-likeness (QED) is 0.249. The summed E-state index contributed by atoms with van der Waals surface area (Å²) in [5, 5.41) is 11.9. The lowest BCUT2D eigenvalue weighted by atomic mass is 9.33. The Balaban J connectivity index is 1.14. The van der Waals surface area contributed by atoms with E-state index in [2.05, 4.69) is 70.1 Å². The van der Waals surface area contributed by atoms with Gasteiger partial charge in [-0.2, -0.15) is 10.2 Å². The van der Waals surface area contributed by atoms with Crippen molar-refractivity contribution < 1.29 is 19.1 Å². The SMILES string of the molecule is CC(=O)O[C@@H]1CC[C@]2(C)[C@H](CC[C@]3(C)[C@@H]2C(=O)C=C2[C@H]4C[C@@](C)(C(=O)Nc5ccc(N=Nc6ccccc6)cc5)CC[C@]4(C)CC[C@@]23C)C1(C)C.